The number of carboxylic acid groups (broad SMARTS) is 1. The van der Waals surface area contributed by atoms with Gasteiger partial charge < -0.3 is 15.8 Å². The number of fused-ring (bicyclic) bond motifs is 1. The number of H-pyrrole nitrogens is 1. The molecule has 0 aliphatic carbocycles. The van der Waals surface area contributed by atoms with Crippen LogP contribution in [-0.2, 0) is 21.4 Å². The molecular weight excluding hydrogens is 593 g/mol. The number of piperidine rings is 1. The first-order valence-corrected chi connectivity index (χ1v) is 16.2. The SMILES string of the molecule is CCS(=O)(=O)N1CCC(c2c[nH]c3c(C(N)=O)cc(-c4csc(CN5CCCC5C)c4)cc23)CC1.O=C(O)C(F)(F)F. The molecule has 2 aliphatic heterocycles. The number of carboxylic acids is 1. The van der Waals surface area contributed by atoms with Gasteiger partial charge in [0.15, 0.2) is 0 Å². The fourth-order valence-electron chi connectivity index (χ4n) is 5.62. The monoisotopic (exact) mass is 628 g/mol. The highest BCUT2D eigenvalue weighted by Crippen LogP contribution is 2.38. The Hall–Kier alpha value is -2.94. The Labute approximate surface area is 246 Å². The summed E-state index contributed by atoms with van der Waals surface area (Å²) in [6, 6.07) is 6.92. The van der Waals surface area contributed by atoms with Crippen molar-refractivity contribution in [2.45, 2.75) is 64.2 Å². The fraction of sp³-hybridized carbons (Fsp3) is 0.500. The lowest BCUT2D eigenvalue weighted by atomic mass is 9.88. The Morgan fingerprint density at radius 3 is 2.33 bits per heavy atom. The summed E-state index contributed by atoms with van der Waals surface area (Å²) >= 11 is 1.76. The molecule has 1 atom stereocenters. The lowest BCUT2D eigenvalue weighted by molar-refractivity contribution is -0.192. The van der Waals surface area contributed by atoms with Crippen molar-refractivity contribution in [3.8, 4) is 11.1 Å². The molecule has 2 saturated heterocycles. The number of alkyl halides is 3. The Morgan fingerprint density at radius 1 is 1.12 bits per heavy atom. The maximum Gasteiger partial charge on any atom is 0.490 e. The molecular formula is C28H35F3N4O5S2. The van der Waals surface area contributed by atoms with Crippen molar-refractivity contribution in [1.29, 1.82) is 0 Å². The molecule has 42 heavy (non-hydrogen) atoms. The third-order valence-corrected chi connectivity index (χ3v) is 10.8. The normalized spacial score (nSPS) is 19.1. The number of sulfonamides is 1. The van der Waals surface area contributed by atoms with E-state index in [1.54, 1.807) is 22.6 Å². The molecule has 3 aromatic rings. The van der Waals surface area contributed by atoms with E-state index in [1.807, 2.05) is 12.3 Å². The van der Waals surface area contributed by atoms with Crippen molar-refractivity contribution in [3.05, 3.63) is 45.8 Å². The largest absolute Gasteiger partial charge is 0.490 e. The molecule has 1 unspecified atom stereocenters. The van der Waals surface area contributed by atoms with Crippen LogP contribution in [0.3, 0.4) is 0 Å². The van der Waals surface area contributed by atoms with Crippen LogP contribution >= 0.6 is 11.3 Å². The molecule has 4 N–H and O–H groups in total. The first-order valence-electron chi connectivity index (χ1n) is 13.8. The standard InChI is InChI=1S/C26H34N4O3S2.C2HF3O2/c1-3-35(32,33)30-9-6-18(7-10-30)24-14-28-25-22(24)12-19(13-23(25)26(27)31)20-11-21(34-16-20)15-29-8-4-5-17(29)2;3-2(4,5)1(6)7/h11-14,16-18,28H,3-10,15H2,1-2H3,(H2,27,31);(H,6,7). The van der Waals surface area contributed by atoms with Crippen molar-refractivity contribution in [3.63, 3.8) is 0 Å². The van der Waals surface area contributed by atoms with E-state index in [4.69, 9.17) is 15.6 Å². The molecule has 5 rings (SSSR count). The van der Waals surface area contributed by atoms with E-state index < -0.39 is 28.1 Å². The minimum Gasteiger partial charge on any atom is -0.475 e. The van der Waals surface area contributed by atoms with Crippen molar-refractivity contribution in [2.75, 3.05) is 25.4 Å². The zero-order chi connectivity index (χ0) is 30.8. The van der Waals surface area contributed by atoms with E-state index in [1.165, 1.54) is 17.7 Å². The van der Waals surface area contributed by atoms with Gasteiger partial charge in [0.25, 0.3) is 5.91 Å². The fourth-order valence-corrected chi connectivity index (χ4v) is 7.67. The number of primary amides is 1. The van der Waals surface area contributed by atoms with Crippen LogP contribution in [0.5, 0.6) is 0 Å². The minimum atomic E-state index is -5.08. The van der Waals surface area contributed by atoms with E-state index in [2.05, 4.69) is 34.3 Å². The maximum absolute atomic E-state index is 12.4. The van der Waals surface area contributed by atoms with Crippen molar-refractivity contribution < 1.29 is 36.3 Å². The van der Waals surface area contributed by atoms with Gasteiger partial charge in [0, 0.05) is 42.1 Å². The van der Waals surface area contributed by atoms with Gasteiger partial charge in [0.1, 0.15) is 0 Å². The third-order valence-electron chi connectivity index (χ3n) is 8.02. The van der Waals surface area contributed by atoms with E-state index >= 15 is 0 Å². The topological polar surface area (TPSA) is 137 Å². The molecule has 9 nitrogen and oxygen atoms in total. The first-order chi connectivity index (χ1) is 19.7. The van der Waals surface area contributed by atoms with Crippen molar-refractivity contribution in [1.82, 2.24) is 14.2 Å². The van der Waals surface area contributed by atoms with E-state index in [9.17, 15) is 26.4 Å². The number of hydrogen-bond acceptors (Lipinski definition) is 6. The molecule has 4 heterocycles. The predicted molar refractivity (Wildman–Crippen MR) is 156 cm³/mol. The molecule has 2 fully saturated rings. The number of carbonyl (C=O) groups excluding carboxylic acids is 1. The summed E-state index contributed by atoms with van der Waals surface area (Å²) in [7, 11) is -3.16. The summed E-state index contributed by atoms with van der Waals surface area (Å²) in [6.45, 7) is 7.15. The lowest BCUT2D eigenvalue weighted by Crippen LogP contribution is -2.38. The summed E-state index contributed by atoms with van der Waals surface area (Å²) in [6.07, 6.45) is 0.940. The van der Waals surface area contributed by atoms with Gasteiger partial charge in [-0.2, -0.15) is 13.2 Å². The average Bonchev–Trinajstić information content (AvgIpc) is 3.68. The summed E-state index contributed by atoms with van der Waals surface area (Å²) in [5, 5.41) is 10.3. The second-order valence-electron chi connectivity index (χ2n) is 10.7. The number of nitrogens with two attached hydrogens (primary N) is 1. The van der Waals surface area contributed by atoms with Crippen LogP contribution in [-0.4, -0.2) is 77.2 Å². The predicted octanol–water partition coefficient (Wildman–Crippen LogP) is 5.14. The van der Waals surface area contributed by atoms with Gasteiger partial charge in [-0.3, -0.25) is 9.69 Å². The van der Waals surface area contributed by atoms with Crippen LogP contribution in [0.2, 0.25) is 0 Å². The first kappa shape index (κ1) is 32.0. The van der Waals surface area contributed by atoms with Crippen LogP contribution in [0.4, 0.5) is 13.2 Å². The lowest BCUT2D eigenvalue weighted by Gasteiger charge is -2.31. The van der Waals surface area contributed by atoms with E-state index in [-0.39, 0.29) is 11.7 Å². The number of carbonyl (C=O) groups is 2. The Kier molecular flexibility index (Phi) is 9.70. The molecule has 1 amide bonds. The average molecular weight is 629 g/mol. The van der Waals surface area contributed by atoms with Crippen LogP contribution in [0.15, 0.2) is 29.8 Å². The number of thiophene rings is 1. The van der Waals surface area contributed by atoms with Gasteiger partial charge in [0.05, 0.1) is 16.8 Å². The highest BCUT2D eigenvalue weighted by Gasteiger charge is 2.38. The number of likely N-dealkylation sites (tertiary alicyclic amines) is 1. The number of aromatic amines is 1. The van der Waals surface area contributed by atoms with Crippen LogP contribution < -0.4 is 5.73 Å². The molecule has 230 valence electrons. The van der Waals surface area contributed by atoms with Gasteiger partial charge in [-0.15, -0.1) is 11.3 Å². The number of nitrogens with one attached hydrogen (secondary N) is 1. The number of nitrogens with zero attached hydrogens (tertiary/aromatic N) is 2. The minimum absolute atomic E-state index is 0.134. The molecule has 2 aromatic heterocycles. The molecule has 2 aliphatic rings. The quantitative estimate of drug-likeness (QED) is 0.331. The van der Waals surface area contributed by atoms with E-state index in [0.29, 0.717) is 24.7 Å². The number of rotatable bonds is 7. The molecule has 0 bridgehead atoms. The summed E-state index contributed by atoms with van der Waals surface area (Å²) < 4.78 is 57.9. The van der Waals surface area contributed by atoms with Gasteiger partial charge in [-0.05, 0) is 92.3 Å². The van der Waals surface area contributed by atoms with Crippen molar-refractivity contribution in [2.24, 2.45) is 5.73 Å². The third kappa shape index (κ3) is 7.16. The van der Waals surface area contributed by atoms with Gasteiger partial charge >= 0.3 is 12.1 Å². The number of aromatic nitrogens is 1. The van der Waals surface area contributed by atoms with Gasteiger partial charge in [-0.1, -0.05) is 0 Å². The zero-order valence-corrected chi connectivity index (χ0v) is 25.0. The summed E-state index contributed by atoms with van der Waals surface area (Å²) in [5.74, 6) is -2.84. The molecule has 0 spiro atoms. The Bertz CT molecular complexity index is 1540. The summed E-state index contributed by atoms with van der Waals surface area (Å²) in [5.41, 5.74) is 10.3. The van der Waals surface area contributed by atoms with Crippen LogP contribution in [0.25, 0.3) is 22.0 Å². The molecule has 0 saturated carbocycles. The second-order valence-corrected chi connectivity index (χ2v) is 13.9. The number of benzene rings is 1. The second kappa shape index (κ2) is 12.7. The maximum atomic E-state index is 12.4. The Morgan fingerprint density at radius 2 is 1.79 bits per heavy atom. The highest BCUT2D eigenvalue weighted by atomic mass is 32.2. The van der Waals surface area contributed by atoms with Gasteiger partial charge in [-0.25, -0.2) is 17.5 Å². The Balaban J connectivity index is 0.000000517. The van der Waals surface area contributed by atoms with Crippen LogP contribution in [0.1, 0.15) is 66.2 Å². The molecule has 14 heteroatoms. The smallest absolute Gasteiger partial charge is 0.475 e. The zero-order valence-electron chi connectivity index (χ0n) is 23.4. The highest BCUT2D eigenvalue weighted by molar-refractivity contribution is 7.89. The number of aliphatic carboxylic acids is 1. The molecule has 1 aromatic carbocycles. The van der Waals surface area contributed by atoms with E-state index in [0.717, 1.165) is 53.5 Å². The number of hydrogen-bond donors (Lipinski definition) is 3. The number of halogens is 3. The summed E-state index contributed by atoms with van der Waals surface area (Å²) in [4.78, 5) is 28.4. The number of amides is 1. The van der Waals surface area contributed by atoms with Gasteiger partial charge in [0.2, 0.25) is 10.0 Å². The van der Waals surface area contributed by atoms with Crippen LogP contribution in [0, 0.1) is 0 Å². The molecule has 0 radical (unpaired) electrons. The van der Waals surface area contributed by atoms with Crippen molar-refractivity contribution >= 4 is 44.1 Å².